The number of nitrogens with zero attached hydrogens (tertiary/aromatic N) is 2. The molecule has 2 rings (SSSR count). The summed E-state index contributed by atoms with van der Waals surface area (Å²) in [5, 5.41) is 0. The summed E-state index contributed by atoms with van der Waals surface area (Å²) in [5.74, 6) is 0.713. The molecule has 2 aliphatic rings. The van der Waals surface area contributed by atoms with Crippen molar-refractivity contribution in [3.05, 3.63) is 11.5 Å². The second kappa shape index (κ2) is 10.3. The summed E-state index contributed by atoms with van der Waals surface area (Å²) in [5.41, 5.74) is 1.11. The Morgan fingerprint density at radius 1 is 0.848 bits per heavy atom. The van der Waals surface area contributed by atoms with E-state index in [1.165, 1.54) is 0 Å². The third-order valence-electron chi connectivity index (χ3n) is 4.73. The Hall–Kier alpha value is -0.442. The molecule has 1 fully saturated rings. The second-order valence-corrected chi connectivity index (χ2v) is 30.9. The zero-order valence-electron chi connectivity index (χ0n) is 23.3. The van der Waals surface area contributed by atoms with Gasteiger partial charge in [-0.25, -0.2) is 0 Å². The van der Waals surface area contributed by atoms with Crippen molar-refractivity contribution in [1.29, 1.82) is 0 Å². The topological polar surface area (TPSA) is 61.8 Å². The fraction of sp³-hybridized carbons (Fsp3) is 0.864. The highest BCUT2D eigenvalue weighted by molar-refractivity contribution is 6.71. The van der Waals surface area contributed by atoms with E-state index in [1.807, 2.05) is 0 Å². The van der Waals surface area contributed by atoms with Crippen LogP contribution in [-0.4, -0.2) is 75.8 Å². The van der Waals surface area contributed by atoms with Crippen LogP contribution in [-0.2, 0) is 22.4 Å². The lowest BCUT2D eigenvalue weighted by molar-refractivity contribution is -0.0556. The van der Waals surface area contributed by atoms with Crippen molar-refractivity contribution in [1.82, 2.24) is 4.90 Å². The number of hydrogen-bond acceptors (Lipinski definition) is 7. The Kier molecular flexibility index (Phi) is 8.96. The minimum Gasteiger partial charge on any atom is -0.531 e. The van der Waals surface area contributed by atoms with Crippen molar-refractivity contribution in [2.75, 3.05) is 13.2 Å². The van der Waals surface area contributed by atoms with Crippen LogP contribution in [0.5, 0.6) is 0 Å². The fourth-order valence-electron chi connectivity index (χ4n) is 3.57. The van der Waals surface area contributed by atoms with Gasteiger partial charge >= 0.3 is 0 Å². The first-order valence-electron chi connectivity index (χ1n) is 12.1. The van der Waals surface area contributed by atoms with Crippen molar-refractivity contribution >= 4 is 39.3 Å². The van der Waals surface area contributed by atoms with E-state index in [0.717, 1.165) is 12.0 Å². The number of ether oxygens (including phenoxy) is 1. The lowest BCUT2D eigenvalue weighted by atomic mass is 10.1. The molecule has 0 aliphatic carbocycles. The highest BCUT2D eigenvalue weighted by Gasteiger charge is 2.44. The molecule has 0 aromatic carbocycles. The molecule has 0 spiro atoms. The predicted molar refractivity (Wildman–Crippen MR) is 146 cm³/mol. The van der Waals surface area contributed by atoms with Crippen molar-refractivity contribution in [3.63, 3.8) is 0 Å². The van der Waals surface area contributed by atoms with Crippen LogP contribution in [0.3, 0.4) is 0 Å². The van der Waals surface area contributed by atoms with Crippen LogP contribution >= 0.6 is 0 Å². The highest BCUT2D eigenvalue weighted by Crippen LogP contribution is 2.33. The third-order valence-corrected chi connectivity index (χ3v) is 8.37. The van der Waals surface area contributed by atoms with Crippen LogP contribution in [0.25, 0.3) is 0 Å². The van der Waals surface area contributed by atoms with E-state index in [9.17, 15) is 0 Å². The molecule has 0 radical (unpaired) electrons. The standard InChI is InChI=1S/C22H48N2O5Si4/c1-17-15-24(22(29-33(11,12)13)23-21(17)28-32(8,9)10)20-14-18(27-31(5,6)7)19(26-20)16-25-30(2,3)4/h18-20H,14-16H2,1-13H3/t18-,19+,20?/m1/s1. The molecular weight excluding hydrogens is 485 g/mol. The lowest BCUT2D eigenvalue weighted by Gasteiger charge is -2.37. The van der Waals surface area contributed by atoms with Gasteiger partial charge in [-0.05, 0) is 85.5 Å². The first-order chi connectivity index (χ1) is 14.7. The SMILES string of the molecule is CC1=C(O[Si](C)(C)C)N=C(O[Si](C)(C)C)N(C2C[C@@H](O[Si](C)(C)C)[C@H](CO[Si](C)(C)C)O2)C1. The van der Waals surface area contributed by atoms with Gasteiger partial charge in [0, 0.05) is 12.0 Å². The van der Waals surface area contributed by atoms with Crippen LogP contribution in [0.2, 0.25) is 78.6 Å². The average molecular weight is 533 g/mol. The normalized spacial score (nSPS) is 25.4. The Labute approximate surface area is 206 Å². The zero-order valence-corrected chi connectivity index (χ0v) is 27.3. The van der Waals surface area contributed by atoms with Crippen LogP contribution in [0.15, 0.2) is 16.4 Å². The molecule has 0 aromatic heterocycles. The maximum atomic E-state index is 6.60. The van der Waals surface area contributed by atoms with Crippen LogP contribution in [0.1, 0.15) is 13.3 Å². The van der Waals surface area contributed by atoms with Crippen LogP contribution < -0.4 is 0 Å². The molecule has 0 N–H and O–H groups in total. The van der Waals surface area contributed by atoms with Crippen LogP contribution in [0, 0.1) is 0 Å². The number of aliphatic imine (C=N–C) groups is 1. The maximum absolute atomic E-state index is 6.60. The first kappa shape index (κ1) is 28.8. The zero-order chi connectivity index (χ0) is 25.4. The molecule has 1 unspecified atom stereocenters. The molecule has 0 aromatic rings. The minimum absolute atomic E-state index is 0.00932. The summed E-state index contributed by atoms with van der Waals surface area (Å²) in [4.78, 5) is 7.05. The molecule has 0 saturated carbocycles. The Bertz CT molecular complexity index is 748. The number of rotatable bonds is 9. The van der Waals surface area contributed by atoms with Gasteiger partial charge in [-0.15, -0.1) is 0 Å². The molecule has 2 heterocycles. The molecular formula is C22H48N2O5Si4. The van der Waals surface area contributed by atoms with E-state index < -0.39 is 33.3 Å². The maximum Gasteiger partial charge on any atom is 0.283 e. The molecule has 2 aliphatic heterocycles. The average Bonchev–Trinajstić information content (AvgIpc) is 2.93. The quantitative estimate of drug-likeness (QED) is 0.351. The second-order valence-electron chi connectivity index (χ2n) is 13.1. The molecule has 33 heavy (non-hydrogen) atoms. The van der Waals surface area contributed by atoms with Gasteiger partial charge in [0.15, 0.2) is 16.6 Å². The number of hydrogen-bond donors (Lipinski definition) is 0. The summed E-state index contributed by atoms with van der Waals surface area (Å²) in [7, 11) is -7.10. The molecule has 0 amide bonds. The van der Waals surface area contributed by atoms with Gasteiger partial charge in [-0.2, -0.15) is 4.99 Å². The summed E-state index contributed by atoms with van der Waals surface area (Å²) in [6.07, 6.45) is 0.524. The number of amidine groups is 1. The van der Waals surface area contributed by atoms with Gasteiger partial charge in [-0.3, -0.25) is 4.90 Å². The summed E-state index contributed by atoms with van der Waals surface area (Å²) < 4.78 is 32.2. The van der Waals surface area contributed by atoms with E-state index in [-0.39, 0.29) is 18.4 Å². The van der Waals surface area contributed by atoms with E-state index in [4.69, 9.17) is 27.4 Å². The van der Waals surface area contributed by atoms with E-state index >= 15 is 0 Å². The monoisotopic (exact) mass is 532 g/mol. The minimum atomic E-state index is -1.90. The van der Waals surface area contributed by atoms with Gasteiger partial charge in [0.05, 0.1) is 19.3 Å². The highest BCUT2D eigenvalue weighted by atomic mass is 28.4. The Balaban J connectivity index is 2.30. The van der Waals surface area contributed by atoms with Crippen molar-refractivity contribution < 1.29 is 22.4 Å². The Morgan fingerprint density at radius 2 is 1.42 bits per heavy atom. The third kappa shape index (κ3) is 9.98. The first-order valence-corrected chi connectivity index (χ1v) is 25.8. The summed E-state index contributed by atoms with van der Waals surface area (Å²) >= 11 is 0. The fourth-order valence-corrected chi connectivity index (χ4v) is 6.90. The van der Waals surface area contributed by atoms with Gasteiger partial charge in [0.2, 0.25) is 22.5 Å². The van der Waals surface area contributed by atoms with Crippen LogP contribution in [0.4, 0.5) is 0 Å². The molecule has 192 valence electrons. The van der Waals surface area contributed by atoms with Gasteiger partial charge in [0.1, 0.15) is 12.3 Å². The van der Waals surface area contributed by atoms with E-state index in [1.54, 1.807) is 0 Å². The summed E-state index contributed by atoms with van der Waals surface area (Å²) in [6.45, 7) is 29.7. The van der Waals surface area contributed by atoms with Crippen molar-refractivity contribution in [2.45, 2.75) is 110 Å². The molecule has 7 nitrogen and oxygen atoms in total. The van der Waals surface area contributed by atoms with E-state index in [2.05, 4.69) is 90.4 Å². The molecule has 0 bridgehead atoms. The molecule has 1 saturated heterocycles. The summed E-state index contributed by atoms with van der Waals surface area (Å²) in [6, 6.07) is 0.622. The van der Waals surface area contributed by atoms with Gasteiger partial charge in [-0.1, -0.05) is 0 Å². The molecule has 11 heteroatoms. The largest absolute Gasteiger partial charge is 0.531 e. The lowest BCUT2D eigenvalue weighted by Crippen LogP contribution is -2.48. The molecule has 3 atom stereocenters. The van der Waals surface area contributed by atoms with E-state index in [0.29, 0.717) is 25.1 Å². The van der Waals surface area contributed by atoms with Gasteiger partial charge < -0.3 is 22.4 Å². The Morgan fingerprint density at radius 3 is 1.91 bits per heavy atom. The van der Waals surface area contributed by atoms with Crippen molar-refractivity contribution in [3.8, 4) is 0 Å². The van der Waals surface area contributed by atoms with Crippen molar-refractivity contribution in [2.24, 2.45) is 4.99 Å². The van der Waals surface area contributed by atoms with Gasteiger partial charge in [0.25, 0.3) is 6.02 Å². The smallest absolute Gasteiger partial charge is 0.283 e. The predicted octanol–water partition coefficient (Wildman–Crippen LogP) is 5.78.